The fraction of sp³-hybridized carbons (Fsp3) is 0.737. The zero-order chi connectivity index (χ0) is 97.6. The first-order valence-corrected chi connectivity index (χ1v) is 50.0. The van der Waals surface area contributed by atoms with Gasteiger partial charge in [-0.15, -0.1) is 0 Å². The van der Waals surface area contributed by atoms with Crippen molar-refractivity contribution < 1.29 is 50.4 Å². The third kappa shape index (κ3) is 138. The molecule has 0 rings (SSSR count). The predicted molar refractivity (Wildman–Crippen MR) is 557 cm³/mol. The van der Waals surface area contributed by atoms with Gasteiger partial charge in [0, 0.05) is 12.8 Å². The second-order valence-electron chi connectivity index (χ2n) is 38.0. The Bertz CT molecular complexity index is 2370. The minimum atomic E-state index is -0.310. The highest BCUT2D eigenvalue weighted by Gasteiger charge is 2.26. The lowest BCUT2D eigenvalue weighted by Gasteiger charge is -2.28. The van der Waals surface area contributed by atoms with E-state index in [9.17, 15) is 50.4 Å². The quantitative estimate of drug-likeness (QED) is 0.0165. The molecule has 8 N–H and O–H groups in total. The summed E-state index contributed by atoms with van der Waals surface area (Å²) in [5, 5.41) is 76.4. The Kier molecular flexibility index (Phi) is 117. The van der Waals surface area contributed by atoms with Crippen LogP contribution >= 0.6 is 0 Å². The smallest absolute Gasteiger partial charge is 0.155 e. The molecular weight excluding hydrogens is 1530 g/mol. The van der Waals surface area contributed by atoms with E-state index in [1.54, 1.807) is 12.2 Å². The van der Waals surface area contributed by atoms with Crippen LogP contribution in [-0.4, -0.2) is 101 Å². The summed E-state index contributed by atoms with van der Waals surface area (Å²) in [4.78, 5) is 22.3. The molecule has 0 aliphatic rings. The van der Waals surface area contributed by atoms with E-state index in [-0.39, 0.29) is 71.2 Å². The third-order valence-corrected chi connectivity index (χ3v) is 18.3. The van der Waals surface area contributed by atoms with Gasteiger partial charge in [0.2, 0.25) is 0 Å². The number of ketones is 2. The molecule has 0 spiro atoms. The predicted octanol–water partition coefficient (Wildman–Crippen LogP) is 32.2. The molecule has 0 aromatic rings. The lowest BCUT2D eigenvalue weighted by Crippen LogP contribution is -2.27. The Hall–Kier alpha value is -4.62. The van der Waals surface area contributed by atoms with E-state index in [0.717, 1.165) is 116 Å². The van der Waals surface area contributed by atoms with Crippen molar-refractivity contribution in [3.63, 3.8) is 0 Å². The van der Waals surface area contributed by atoms with Crippen molar-refractivity contribution in [2.24, 2.45) is 70.0 Å². The van der Waals surface area contributed by atoms with Crippen molar-refractivity contribution in [2.45, 2.75) is 477 Å². The van der Waals surface area contributed by atoms with E-state index in [4.69, 9.17) is 0 Å². The minimum Gasteiger partial charge on any atom is -0.389 e. The molecule has 0 amide bonds. The highest BCUT2D eigenvalue weighted by atomic mass is 16.3. The largest absolute Gasteiger partial charge is 0.389 e. The highest BCUT2D eigenvalue weighted by molar-refractivity contribution is 5.89. The number of carbonyl (C=O) groups is 2. The van der Waals surface area contributed by atoms with Gasteiger partial charge in [0.05, 0.1) is 48.8 Å². The molecule has 124 heavy (non-hydrogen) atoms. The van der Waals surface area contributed by atoms with Crippen LogP contribution in [0.25, 0.3) is 0 Å². The highest BCUT2D eigenvalue weighted by Crippen LogP contribution is 2.30. The van der Waals surface area contributed by atoms with Gasteiger partial charge in [0.1, 0.15) is 0 Å². The molecule has 0 saturated heterocycles. The van der Waals surface area contributed by atoms with Crippen LogP contribution in [-0.2, 0) is 9.59 Å². The summed E-state index contributed by atoms with van der Waals surface area (Å²) in [6, 6.07) is 0. The minimum absolute atomic E-state index is 0.0153. The second-order valence-corrected chi connectivity index (χ2v) is 38.0. The molecule has 0 bridgehead atoms. The van der Waals surface area contributed by atoms with E-state index in [1.807, 2.05) is 109 Å². The Labute approximate surface area is 774 Å². The molecule has 0 heterocycles. The van der Waals surface area contributed by atoms with Gasteiger partial charge in [-0.1, -0.05) is 483 Å². The number of aliphatic hydroxyl groups is 8. The maximum atomic E-state index is 11.1. The molecule has 8 atom stereocenters. The van der Waals surface area contributed by atoms with E-state index in [1.165, 1.54) is 77.0 Å². The number of aliphatic hydroxyl groups excluding tert-OH is 8. The van der Waals surface area contributed by atoms with Gasteiger partial charge in [0.25, 0.3) is 0 Å². The summed E-state index contributed by atoms with van der Waals surface area (Å²) in [5.74, 6) is 5.75. The monoisotopic (exact) mass is 1750 g/mol. The van der Waals surface area contributed by atoms with Crippen molar-refractivity contribution in [1.29, 1.82) is 0 Å². The van der Waals surface area contributed by atoms with Crippen molar-refractivity contribution in [1.82, 2.24) is 0 Å². The summed E-state index contributed by atoms with van der Waals surface area (Å²) in [7, 11) is 0. The van der Waals surface area contributed by atoms with Gasteiger partial charge in [-0.3, -0.25) is 9.59 Å². The maximum absolute atomic E-state index is 11.1. The number of unbranched alkanes of at least 4 members (excludes halogenated alkanes) is 10. The molecule has 732 valence electrons. The normalized spacial score (nSPS) is 14.3. The SMILES string of the molecule is CC/C=C/CC(O)/C=C/C(C)C.CC/C=C/CC(O)/C=C\C(C)C.CC/C=C\CC(O)/C=C/C(C)C.CC/C=C\CC(O)/C=C\C(C)C.CCCCC(C)(C)C(O)/C=C/C(C)C.CCCCC(C)(C)C(O)/C=C\C(C)C.CCCCCC(=O)/C=C/C(C)C.CCCCCC(=O)/C=C\C(C)C.CCCCCC(O)/C=C/C(C)C.CCCCCC(O)/C=C\C(C)C. The first-order chi connectivity index (χ1) is 58.1. The summed E-state index contributed by atoms with van der Waals surface area (Å²) >= 11 is 0. The average molecular weight is 1750 g/mol. The fourth-order valence-corrected chi connectivity index (χ4v) is 10.0. The van der Waals surface area contributed by atoms with Crippen molar-refractivity contribution in [3.05, 3.63) is 170 Å². The van der Waals surface area contributed by atoms with Crippen LogP contribution in [0, 0.1) is 70.0 Å². The number of rotatable bonds is 56. The third-order valence-electron chi connectivity index (χ3n) is 18.3. The van der Waals surface area contributed by atoms with Gasteiger partial charge >= 0.3 is 0 Å². The van der Waals surface area contributed by atoms with Crippen LogP contribution in [0.4, 0.5) is 0 Å². The molecule has 0 aliphatic carbocycles. The van der Waals surface area contributed by atoms with E-state index in [0.29, 0.717) is 59.2 Å². The number of allylic oxidation sites excluding steroid dienone is 16. The van der Waals surface area contributed by atoms with Crippen LogP contribution in [0.5, 0.6) is 0 Å². The van der Waals surface area contributed by atoms with Crippen LogP contribution in [0.1, 0.15) is 428 Å². The van der Waals surface area contributed by atoms with Gasteiger partial charge in [-0.2, -0.15) is 0 Å². The van der Waals surface area contributed by atoms with E-state index < -0.39 is 0 Å². The summed E-state index contributed by atoms with van der Waals surface area (Å²) in [6.07, 6.45) is 84.4. The van der Waals surface area contributed by atoms with Crippen molar-refractivity contribution >= 4 is 11.6 Å². The van der Waals surface area contributed by atoms with E-state index >= 15 is 0 Å². The molecule has 10 heteroatoms. The first kappa shape index (κ1) is 140. The molecule has 0 fully saturated rings. The molecule has 0 aromatic heterocycles. The molecule has 0 saturated carbocycles. The number of hydrogen-bond donors (Lipinski definition) is 8. The summed E-state index contributed by atoms with van der Waals surface area (Å²) < 4.78 is 0. The van der Waals surface area contributed by atoms with Gasteiger partial charge in [0.15, 0.2) is 11.6 Å². The average Bonchev–Trinajstić information content (AvgIpc) is 0.891. The molecule has 0 aliphatic heterocycles. The second kappa shape index (κ2) is 104. The molecule has 0 radical (unpaired) electrons. The Morgan fingerprint density at radius 3 is 0.597 bits per heavy atom. The standard InChI is InChI=1S/2C13H26O.2C11H22O.6C11H20O/c2*1-6-7-10-13(4,5)12(14)9-8-11(2)3;8*1-4-5-6-7-11(12)9-8-10(2)3/h2*8-9,11-12,14H,6-7,10H2,1-5H3;2*8-12H,4-7H2,1-3H3;2*8-10H,4-7H2,1-3H3;4*5-6,8-12H,4,7H2,1-3H3/b9-8+;9-8-;9-8+;9-8-;9-8+;9-8-;6-5+,9-8+;6-5+,9-8-;6-5-,9-8+;6-5-,9-8-. The van der Waals surface area contributed by atoms with Gasteiger partial charge < -0.3 is 40.9 Å². The number of carbonyl (C=O) groups excluding carboxylic acids is 2. The zero-order valence-corrected chi connectivity index (χ0v) is 88.2. The zero-order valence-electron chi connectivity index (χ0n) is 88.2. The Morgan fingerprint density at radius 2 is 0.411 bits per heavy atom. The lowest BCUT2D eigenvalue weighted by molar-refractivity contribution is -0.115. The molecule has 10 nitrogen and oxygen atoms in total. The Morgan fingerprint density at radius 1 is 0.226 bits per heavy atom. The van der Waals surface area contributed by atoms with Gasteiger partial charge in [-0.05, 0) is 172 Å². The van der Waals surface area contributed by atoms with Crippen LogP contribution in [0.2, 0.25) is 0 Å². The molecular formula is C114H216O10. The Balaban J connectivity index is -0.000000146. The van der Waals surface area contributed by atoms with Gasteiger partial charge in [-0.25, -0.2) is 0 Å². The van der Waals surface area contributed by atoms with Crippen molar-refractivity contribution in [2.75, 3.05) is 0 Å². The first-order valence-electron chi connectivity index (χ1n) is 50.0. The summed E-state index contributed by atoms with van der Waals surface area (Å²) in [6.45, 7) is 72.1. The number of hydrogen-bond acceptors (Lipinski definition) is 10. The van der Waals surface area contributed by atoms with Crippen LogP contribution in [0.3, 0.4) is 0 Å². The lowest BCUT2D eigenvalue weighted by atomic mass is 9.81. The van der Waals surface area contributed by atoms with E-state index in [2.05, 4.69) is 284 Å². The summed E-state index contributed by atoms with van der Waals surface area (Å²) in [5.41, 5.74) is 0.0306. The molecule has 0 aromatic carbocycles. The fourth-order valence-electron chi connectivity index (χ4n) is 10.0. The van der Waals surface area contributed by atoms with Crippen molar-refractivity contribution in [3.8, 4) is 0 Å². The van der Waals surface area contributed by atoms with Crippen LogP contribution in [0.15, 0.2) is 170 Å². The molecule has 8 unspecified atom stereocenters. The van der Waals surface area contributed by atoms with Crippen LogP contribution < -0.4 is 0 Å². The maximum Gasteiger partial charge on any atom is 0.155 e. The topological polar surface area (TPSA) is 196 Å².